The summed E-state index contributed by atoms with van der Waals surface area (Å²) in [5.74, 6) is -0.779. The normalized spacial score (nSPS) is 23.5. The summed E-state index contributed by atoms with van der Waals surface area (Å²) >= 11 is 0. The summed E-state index contributed by atoms with van der Waals surface area (Å²) in [6.45, 7) is 2.77. The van der Waals surface area contributed by atoms with E-state index in [9.17, 15) is 13.2 Å². The Bertz CT molecular complexity index is 1220. The van der Waals surface area contributed by atoms with Gasteiger partial charge >= 0.3 is 0 Å². The number of rotatable bonds is 7. The third-order valence-electron chi connectivity index (χ3n) is 7.43. The van der Waals surface area contributed by atoms with Crippen molar-refractivity contribution in [3.05, 3.63) is 71.0 Å². The molecule has 2 atom stereocenters. The monoisotopic (exact) mass is 513 g/mol. The molecule has 7 nitrogen and oxygen atoms in total. The number of nitrogens with zero attached hydrogens (tertiary/aromatic N) is 2. The molecule has 0 spiro atoms. The smallest absolute Gasteiger partial charge is 0.230 e. The van der Waals surface area contributed by atoms with Gasteiger partial charge in [-0.15, -0.1) is 0 Å². The maximum absolute atomic E-state index is 15.5. The fourth-order valence-electron chi connectivity index (χ4n) is 5.26. The second kappa shape index (κ2) is 11.1. The van der Waals surface area contributed by atoms with Crippen molar-refractivity contribution in [3.8, 4) is 6.07 Å². The molecular weight excluding hydrogens is 481 g/mol. The van der Waals surface area contributed by atoms with E-state index in [1.54, 1.807) is 12.1 Å². The molecule has 9 heteroatoms. The quantitative estimate of drug-likeness (QED) is 0.565. The van der Waals surface area contributed by atoms with Gasteiger partial charge in [-0.3, -0.25) is 4.79 Å². The average molecular weight is 514 g/mol. The van der Waals surface area contributed by atoms with Crippen LogP contribution in [0, 0.1) is 17.1 Å². The van der Waals surface area contributed by atoms with Crippen molar-refractivity contribution < 1.29 is 22.3 Å². The Morgan fingerprint density at radius 3 is 2.58 bits per heavy atom. The molecule has 0 saturated carbocycles. The summed E-state index contributed by atoms with van der Waals surface area (Å²) in [6, 6.07) is 15.6. The lowest BCUT2D eigenvalue weighted by Gasteiger charge is -2.38. The van der Waals surface area contributed by atoms with Gasteiger partial charge in [0.15, 0.2) is 0 Å². The Kier molecular flexibility index (Phi) is 8.08. The number of amides is 1. The van der Waals surface area contributed by atoms with Crippen molar-refractivity contribution in [2.45, 2.75) is 62.3 Å². The topological polar surface area (TPSA) is 99.5 Å². The summed E-state index contributed by atoms with van der Waals surface area (Å²) in [7, 11) is -3.69. The molecule has 0 aromatic heterocycles. The summed E-state index contributed by atoms with van der Waals surface area (Å²) < 4.78 is 49.4. The molecule has 2 heterocycles. The van der Waals surface area contributed by atoms with E-state index in [1.165, 1.54) is 10.4 Å². The van der Waals surface area contributed by atoms with E-state index in [0.29, 0.717) is 44.5 Å². The van der Waals surface area contributed by atoms with E-state index in [2.05, 4.69) is 5.32 Å². The lowest BCUT2D eigenvalue weighted by atomic mass is 9.73. The molecule has 2 saturated heterocycles. The van der Waals surface area contributed by atoms with Gasteiger partial charge in [0, 0.05) is 37.9 Å². The van der Waals surface area contributed by atoms with Crippen molar-refractivity contribution in [1.29, 1.82) is 5.26 Å². The number of benzene rings is 2. The zero-order chi connectivity index (χ0) is 25.8. The largest absolute Gasteiger partial charge is 0.381 e. The highest BCUT2D eigenvalue weighted by Crippen LogP contribution is 2.39. The van der Waals surface area contributed by atoms with Gasteiger partial charge < -0.3 is 10.1 Å². The molecule has 0 radical (unpaired) electrons. The van der Waals surface area contributed by atoms with Crippen LogP contribution in [0.2, 0.25) is 0 Å². The Balaban J connectivity index is 1.60. The van der Waals surface area contributed by atoms with Gasteiger partial charge in [0.05, 0.1) is 17.9 Å². The second-order valence-electron chi connectivity index (χ2n) is 9.58. The predicted molar refractivity (Wildman–Crippen MR) is 134 cm³/mol. The van der Waals surface area contributed by atoms with Crippen LogP contribution in [0.4, 0.5) is 4.39 Å². The molecule has 2 aliphatic rings. The van der Waals surface area contributed by atoms with Crippen LogP contribution in [0.1, 0.15) is 61.0 Å². The lowest BCUT2D eigenvalue weighted by molar-refractivity contribution is -0.130. The molecule has 0 bridgehead atoms. The second-order valence-corrected chi connectivity index (χ2v) is 11.6. The lowest BCUT2D eigenvalue weighted by Crippen LogP contribution is -2.48. The average Bonchev–Trinajstić information content (AvgIpc) is 2.88. The molecule has 2 fully saturated rings. The fourth-order valence-corrected chi connectivity index (χ4v) is 7.45. The van der Waals surface area contributed by atoms with Crippen molar-refractivity contribution >= 4 is 15.9 Å². The summed E-state index contributed by atoms with van der Waals surface area (Å²) in [5.41, 5.74) is 0.609. The molecule has 2 aromatic carbocycles. The number of carbonyl (C=O) groups excluding carboxylic acids is 1. The molecular formula is C27H32FN3O4S. The van der Waals surface area contributed by atoms with Crippen LogP contribution in [-0.4, -0.2) is 44.4 Å². The van der Waals surface area contributed by atoms with Gasteiger partial charge in [0.1, 0.15) is 11.1 Å². The van der Waals surface area contributed by atoms with Gasteiger partial charge in [-0.2, -0.15) is 9.57 Å². The minimum absolute atomic E-state index is 0.0660. The highest BCUT2D eigenvalue weighted by atomic mass is 32.2. The number of carbonyl (C=O) groups is 1. The first-order valence-corrected chi connectivity index (χ1v) is 13.9. The highest BCUT2D eigenvalue weighted by Gasteiger charge is 2.43. The number of nitriles is 1. The van der Waals surface area contributed by atoms with Crippen molar-refractivity contribution in [3.63, 3.8) is 0 Å². The van der Waals surface area contributed by atoms with Crippen LogP contribution in [0.15, 0.2) is 48.5 Å². The molecule has 2 aliphatic heterocycles. The predicted octanol–water partition coefficient (Wildman–Crippen LogP) is 3.96. The van der Waals surface area contributed by atoms with Crippen LogP contribution in [-0.2, 0) is 31.5 Å². The van der Waals surface area contributed by atoms with E-state index in [4.69, 9.17) is 10.00 Å². The molecule has 192 valence electrons. The molecule has 1 amide bonds. The Labute approximate surface area is 212 Å². The van der Waals surface area contributed by atoms with Gasteiger partial charge in [-0.05, 0) is 49.8 Å². The Morgan fingerprint density at radius 1 is 1.19 bits per heavy atom. The van der Waals surface area contributed by atoms with E-state index in [-0.39, 0.29) is 37.0 Å². The van der Waals surface area contributed by atoms with E-state index >= 15 is 4.39 Å². The summed E-state index contributed by atoms with van der Waals surface area (Å²) in [6.07, 6.45) is 2.21. The van der Waals surface area contributed by atoms with Crippen LogP contribution >= 0.6 is 0 Å². The number of halogens is 1. The maximum atomic E-state index is 15.5. The molecule has 2 unspecified atom stereocenters. The van der Waals surface area contributed by atoms with Gasteiger partial charge in [-0.25, -0.2) is 12.8 Å². The minimum Gasteiger partial charge on any atom is -0.381 e. The summed E-state index contributed by atoms with van der Waals surface area (Å²) in [5, 5.41) is 10.9. The molecule has 2 aromatic rings. The van der Waals surface area contributed by atoms with E-state index < -0.39 is 26.5 Å². The highest BCUT2D eigenvalue weighted by molar-refractivity contribution is 7.89. The Morgan fingerprint density at radius 2 is 1.92 bits per heavy atom. The first kappa shape index (κ1) is 26.3. The number of ether oxygens (including phenoxy) is 1. The van der Waals surface area contributed by atoms with Crippen LogP contribution in [0.3, 0.4) is 0 Å². The fraction of sp³-hybridized carbons (Fsp3) is 0.481. The van der Waals surface area contributed by atoms with Crippen molar-refractivity contribution in [2.24, 2.45) is 0 Å². The SMILES string of the molecule is CC1CCC(c2ccccc2)S(=O)(=O)N1Cc1ccc(C2(C(=O)NCCC#N)CCOCC2)cc1F. The molecule has 4 rings (SSSR count). The third kappa shape index (κ3) is 5.17. The first-order valence-electron chi connectivity index (χ1n) is 12.4. The van der Waals surface area contributed by atoms with Crippen LogP contribution < -0.4 is 5.32 Å². The van der Waals surface area contributed by atoms with Gasteiger partial charge in [0.25, 0.3) is 0 Å². The van der Waals surface area contributed by atoms with Crippen LogP contribution in [0.5, 0.6) is 0 Å². The third-order valence-corrected chi connectivity index (χ3v) is 9.80. The van der Waals surface area contributed by atoms with Crippen LogP contribution in [0.25, 0.3) is 0 Å². The molecule has 0 aliphatic carbocycles. The van der Waals surface area contributed by atoms with Gasteiger partial charge in [-0.1, -0.05) is 42.5 Å². The zero-order valence-corrected chi connectivity index (χ0v) is 21.3. The van der Waals surface area contributed by atoms with E-state index in [0.717, 1.165) is 5.56 Å². The van der Waals surface area contributed by atoms with E-state index in [1.807, 2.05) is 43.3 Å². The summed E-state index contributed by atoms with van der Waals surface area (Å²) in [4.78, 5) is 13.1. The standard InChI is InChI=1S/C27H32FN3O4S/c1-20-8-11-25(21-6-3-2-4-7-21)36(33,34)31(20)19-22-9-10-23(18-24(22)28)27(12-16-35-17-13-27)26(32)30-15-5-14-29/h2-4,6-7,9-10,18,20,25H,5,8,11-13,15-17,19H2,1H3,(H,30,32). The minimum atomic E-state index is -3.69. The van der Waals surface area contributed by atoms with Gasteiger partial charge in [0.2, 0.25) is 15.9 Å². The first-order chi connectivity index (χ1) is 17.3. The Hall–Kier alpha value is -2.80. The van der Waals surface area contributed by atoms with Crippen molar-refractivity contribution in [1.82, 2.24) is 9.62 Å². The number of nitrogens with one attached hydrogen (secondary N) is 1. The number of hydrogen-bond acceptors (Lipinski definition) is 5. The maximum Gasteiger partial charge on any atom is 0.230 e. The number of hydrogen-bond donors (Lipinski definition) is 1. The van der Waals surface area contributed by atoms with Crippen molar-refractivity contribution in [2.75, 3.05) is 19.8 Å². The molecule has 1 N–H and O–H groups in total. The zero-order valence-electron chi connectivity index (χ0n) is 20.5. The number of sulfonamides is 1. The molecule has 36 heavy (non-hydrogen) atoms.